The van der Waals surface area contributed by atoms with E-state index in [1.54, 1.807) is 0 Å². The van der Waals surface area contributed by atoms with Crippen LogP contribution in [0, 0.1) is 0 Å². The standard InChI is InChI=1S/C18H16N2O/c21-18(15-7-2-1-3-8-15)19-13-12-16-11-10-14-6-4-5-9-17(14)20-16/h1-11H,12-13H2,(H,19,21). The minimum absolute atomic E-state index is 0.0450. The lowest BCUT2D eigenvalue weighted by Crippen LogP contribution is -2.25. The molecule has 0 atom stereocenters. The molecular formula is C18H16N2O. The largest absolute Gasteiger partial charge is 0.352 e. The summed E-state index contributed by atoms with van der Waals surface area (Å²) in [6.45, 7) is 0.582. The van der Waals surface area contributed by atoms with Gasteiger partial charge < -0.3 is 5.32 Å². The topological polar surface area (TPSA) is 42.0 Å². The van der Waals surface area contributed by atoms with Gasteiger partial charge in [-0.25, -0.2) is 0 Å². The predicted octanol–water partition coefficient (Wildman–Crippen LogP) is 3.21. The average molecular weight is 276 g/mol. The number of rotatable bonds is 4. The highest BCUT2D eigenvalue weighted by Crippen LogP contribution is 2.11. The third kappa shape index (κ3) is 3.26. The first kappa shape index (κ1) is 13.3. The van der Waals surface area contributed by atoms with Crippen LogP contribution in [0.3, 0.4) is 0 Å². The van der Waals surface area contributed by atoms with Crippen molar-refractivity contribution in [1.29, 1.82) is 0 Å². The van der Waals surface area contributed by atoms with Gasteiger partial charge in [-0.2, -0.15) is 0 Å². The molecule has 0 aliphatic rings. The molecule has 3 rings (SSSR count). The number of pyridine rings is 1. The molecule has 0 spiro atoms. The second-order valence-electron chi connectivity index (χ2n) is 4.87. The first-order chi connectivity index (χ1) is 10.3. The molecule has 1 aromatic heterocycles. The van der Waals surface area contributed by atoms with Crippen molar-refractivity contribution < 1.29 is 4.79 Å². The zero-order valence-corrected chi connectivity index (χ0v) is 11.6. The summed E-state index contributed by atoms with van der Waals surface area (Å²) < 4.78 is 0. The van der Waals surface area contributed by atoms with E-state index in [9.17, 15) is 4.79 Å². The lowest BCUT2D eigenvalue weighted by Gasteiger charge is -2.06. The zero-order valence-electron chi connectivity index (χ0n) is 11.6. The Bertz CT molecular complexity index is 753. The molecule has 1 amide bonds. The van der Waals surface area contributed by atoms with Crippen LogP contribution in [0.5, 0.6) is 0 Å². The Kier molecular flexibility index (Phi) is 3.92. The van der Waals surface area contributed by atoms with Crippen molar-refractivity contribution >= 4 is 16.8 Å². The summed E-state index contributed by atoms with van der Waals surface area (Å²) >= 11 is 0. The highest BCUT2D eigenvalue weighted by Gasteiger charge is 2.04. The van der Waals surface area contributed by atoms with Crippen LogP contribution in [0.25, 0.3) is 10.9 Å². The van der Waals surface area contributed by atoms with Gasteiger partial charge >= 0.3 is 0 Å². The first-order valence-electron chi connectivity index (χ1n) is 7.01. The fourth-order valence-electron chi connectivity index (χ4n) is 2.24. The van der Waals surface area contributed by atoms with Gasteiger partial charge in [0.05, 0.1) is 5.52 Å². The number of nitrogens with zero attached hydrogens (tertiary/aromatic N) is 1. The van der Waals surface area contributed by atoms with Crippen LogP contribution in [-0.2, 0) is 6.42 Å². The van der Waals surface area contributed by atoms with Gasteiger partial charge in [-0.1, -0.05) is 42.5 Å². The Morgan fingerprint density at radius 3 is 2.52 bits per heavy atom. The molecule has 0 radical (unpaired) electrons. The normalized spacial score (nSPS) is 10.5. The Morgan fingerprint density at radius 1 is 0.905 bits per heavy atom. The van der Waals surface area contributed by atoms with E-state index in [2.05, 4.69) is 16.4 Å². The fourth-order valence-corrected chi connectivity index (χ4v) is 2.24. The molecule has 0 unspecified atom stereocenters. The maximum Gasteiger partial charge on any atom is 0.251 e. The van der Waals surface area contributed by atoms with Crippen molar-refractivity contribution in [3.05, 3.63) is 78.0 Å². The highest BCUT2D eigenvalue weighted by atomic mass is 16.1. The summed E-state index contributed by atoms with van der Waals surface area (Å²) in [5.74, 6) is -0.0450. The average Bonchev–Trinajstić information content (AvgIpc) is 2.55. The van der Waals surface area contributed by atoms with Crippen LogP contribution in [-0.4, -0.2) is 17.4 Å². The van der Waals surface area contributed by atoms with Gasteiger partial charge in [-0.05, 0) is 24.3 Å². The molecule has 0 aliphatic carbocycles. The van der Waals surface area contributed by atoms with Crippen molar-refractivity contribution in [2.24, 2.45) is 0 Å². The van der Waals surface area contributed by atoms with Gasteiger partial charge in [0.25, 0.3) is 5.91 Å². The van der Waals surface area contributed by atoms with Gasteiger partial charge in [-0.15, -0.1) is 0 Å². The van der Waals surface area contributed by atoms with Gasteiger partial charge in [0.15, 0.2) is 0 Å². The first-order valence-corrected chi connectivity index (χ1v) is 7.01. The molecule has 3 heteroatoms. The van der Waals surface area contributed by atoms with E-state index in [1.165, 1.54) is 0 Å². The Morgan fingerprint density at radius 2 is 1.67 bits per heavy atom. The summed E-state index contributed by atoms with van der Waals surface area (Å²) in [5.41, 5.74) is 2.66. The number of hydrogen-bond donors (Lipinski definition) is 1. The highest BCUT2D eigenvalue weighted by molar-refractivity contribution is 5.94. The number of carbonyl (C=O) groups is 1. The number of para-hydroxylation sites is 1. The van der Waals surface area contributed by atoms with E-state index in [4.69, 9.17) is 0 Å². The summed E-state index contributed by atoms with van der Waals surface area (Å²) in [4.78, 5) is 16.5. The quantitative estimate of drug-likeness (QED) is 0.795. The molecule has 0 aliphatic heterocycles. The fraction of sp³-hybridized carbons (Fsp3) is 0.111. The summed E-state index contributed by atoms with van der Waals surface area (Å²) in [6, 6.07) is 21.3. The monoisotopic (exact) mass is 276 g/mol. The smallest absolute Gasteiger partial charge is 0.251 e. The van der Waals surface area contributed by atoms with Crippen LogP contribution >= 0.6 is 0 Å². The molecule has 1 heterocycles. The number of fused-ring (bicyclic) bond motifs is 1. The van der Waals surface area contributed by atoms with Crippen LogP contribution in [0.4, 0.5) is 0 Å². The number of carbonyl (C=O) groups excluding carboxylic acids is 1. The maximum atomic E-state index is 11.9. The number of benzene rings is 2. The molecule has 0 saturated carbocycles. The van der Waals surface area contributed by atoms with Gasteiger partial charge in [0, 0.05) is 29.6 Å². The van der Waals surface area contributed by atoms with Crippen molar-refractivity contribution in [3.8, 4) is 0 Å². The molecule has 1 N–H and O–H groups in total. The number of nitrogens with one attached hydrogen (secondary N) is 1. The number of aromatic nitrogens is 1. The Hall–Kier alpha value is -2.68. The molecule has 0 fully saturated rings. The van der Waals surface area contributed by atoms with Crippen molar-refractivity contribution in [1.82, 2.24) is 10.3 Å². The lowest BCUT2D eigenvalue weighted by molar-refractivity contribution is 0.0954. The third-order valence-corrected chi connectivity index (χ3v) is 3.36. The Balaban J connectivity index is 1.60. The van der Waals surface area contributed by atoms with Crippen molar-refractivity contribution in [3.63, 3.8) is 0 Å². The second-order valence-corrected chi connectivity index (χ2v) is 4.87. The minimum Gasteiger partial charge on any atom is -0.352 e. The summed E-state index contributed by atoms with van der Waals surface area (Å²) in [5, 5.41) is 4.05. The van der Waals surface area contributed by atoms with Crippen LogP contribution in [0.2, 0.25) is 0 Å². The van der Waals surface area contributed by atoms with E-state index in [1.807, 2.05) is 60.7 Å². The maximum absolute atomic E-state index is 11.9. The van der Waals surface area contributed by atoms with E-state index in [-0.39, 0.29) is 5.91 Å². The van der Waals surface area contributed by atoms with E-state index in [0.717, 1.165) is 23.0 Å². The molecule has 3 aromatic rings. The predicted molar refractivity (Wildman–Crippen MR) is 84.2 cm³/mol. The number of amides is 1. The molecule has 0 bridgehead atoms. The molecule has 0 saturated heterocycles. The second kappa shape index (κ2) is 6.18. The molecule has 21 heavy (non-hydrogen) atoms. The SMILES string of the molecule is O=C(NCCc1ccc2ccccc2n1)c1ccccc1. The van der Waals surface area contributed by atoms with Crippen LogP contribution < -0.4 is 5.32 Å². The van der Waals surface area contributed by atoms with E-state index < -0.39 is 0 Å². The van der Waals surface area contributed by atoms with Gasteiger partial charge in [0.1, 0.15) is 0 Å². The molecule has 3 nitrogen and oxygen atoms in total. The summed E-state index contributed by atoms with van der Waals surface area (Å²) in [6.07, 6.45) is 0.726. The van der Waals surface area contributed by atoms with Crippen molar-refractivity contribution in [2.45, 2.75) is 6.42 Å². The lowest BCUT2D eigenvalue weighted by atomic mass is 10.1. The van der Waals surface area contributed by atoms with E-state index >= 15 is 0 Å². The van der Waals surface area contributed by atoms with Crippen LogP contribution in [0.1, 0.15) is 16.1 Å². The summed E-state index contributed by atoms with van der Waals surface area (Å²) in [7, 11) is 0. The molecular weight excluding hydrogens is 260 g/mol. The molecule has 2 aromatic carbocycles. The van der Waals surface area contributed by atoms with E-state index in [0.29, 0.717) is 12.1 Å². The number of hydrogen-bond acceptors (Lipinski definition) is 2. The van der Waals surface area contributed by atoms with Crippen molar-refractivity contribution in [2.75, 3.05) is 6.54 Å². The van der Waals surface area contributed by atoms with Gasteiger partial charge in [-0.3, -0.25) is 9.78 Å². The zero-order chi connectivity index (χ0) is 14.5. The minimum atomic E-state index is -0.0450. The Labute approximate surface area is 123 Å². The third-order valence-electron chi connectivity index (χ3n) is 3.36. The van der Waals surface area contributed by atoms with Crippen LogP contribution in [0.15, 0.2) is 66.7 Å². The molecule has 104 valence electrons. The van der Waals surface area contributed by atoms with Gasteiger partial charge in [0.2, 0.25) is 0 Å².